The minimum atomic E-state index is -0.0691. The van der Waals surface area contributed by atoms with Gasteiger partial charge in [0, 0.05) is 0 Å². The van der Waals surface area contributed by atoms with Gasteiger partial charge in [0.1, 0.15) is 6.04 Å². The monoisotopic (exact) mass is 159 g/mol. The van der Waals surface area contributed by atoms with E-state index in [-0.39, 0.29) is 11.4 Å². The van der Waals surface area contributed by atoms with E-state index in [9.17, 15) is 4.91 Å². The second kappa shape index (κ2) is 2.19. The number of fused-ring (bicyclic) bond motifs is 2. The van der Waals surface area contributed by atoms with Gasteiger partial charge in [0.2, 0.25) is 0 Å². The van der Waals surface area contributed by atoms with E-state index in [0.29, 0.717) is 11.8 Å². The van der Waals surface area contributed by atoms with Crippen LogP contribution in [0.1, 0.15) is 19.3 Å². The van der Waals surface area contributed by atoms with Gasteiger partial charge in [0.25, 0.3) is 0 Å². The van der Waals surface area contributed by atoms with Gasteiger partial charge in [0.05, 0.1) is 5.38 Å². The van der Waals surface area contributed by atoms with Crippen molar-refractivity contribution in [1.29, 1.82) is 0 Å². The van der Waals surface area contributed by atoms with Crippen molar-refractivity contribution in [3.8, 4) is 0 Å². The lowest BCUT2D eigenvalue weighted by Gasteiger charge is -2.19. The number of hydrogen-bond donors (Lipinski definition) is 0. The lowest BCUT2D eigenvalue weighted by atomic mass is 9.96. The smallest absolute Gasteiger partial charge is 0.111 e. The highest BCUT2D eigenvalue weighted by molar-refractivity contribution is 6.21. The highest BCUT2D eigenvalue weighted by Gasteiger charge is 2.47. The van der Waals surface area contributed by atoms with Crippen LogP contribution in [-0.2, 0) is 0 Å². The lowest BCUT2D eigenvalue weighted by Crippen LogP contribution is -2.25. The van der Waals surface area contributed by atoms with Crippen LogP contribution in [0, 0.1) is 16.7 Å². The molecule has 2 fully saturated rings. The van der Waals surface area contributed by atoms with Crippen molar-refractivity contribution >= 4 is 11.6 Å². The molecule has 0 N–H and O–H groups in total. The standard InChI is InChI=1S/C7H10ClNO/c8-6-4-1-2-5(3-4)7(6)9-10/h4-7H,1-3H2. The first-order valence-corrected chi connectivity index (χ1v) is 4.23. The average molecular weight is 160 g/mol. The maximum absolute atomic E-state index is 10.3. The fourth-order valence-electron chi connectivity index (χ4n) is 2.34. The topological polar surface area (TPSA) is 29.4 Å². The first kappa shape index (κ1) is 6.59. The van der Waals surface area contributed by atoms with Crippen LogP contribution >= 0.6 is 11.6 Å². The fraction of sp³-hybridized carbons (Fsp3) is 1.00. The van der Waals surface area contributed by atoms with Crippen molar-refractivity contribution in [2.75, 3.05) is 0 Å². The maximum Gasteiger partial charge on any atom is 0.111 e. The molecular weight excluding hydrogens is 150 g/mol. The summed E-state index contributed by atoms with van der Waals surface area (Å²) >= 11 is 5.98. The SMILES string of the molecule is O=NC1C2CCC(C2)C1Cl. The lowest BCUT2D eigenvalue weighted by molar-refractivity contribution is 0.424. The van der Waals surface area contributed by atoms with Crippen LogP contribution in [0.5, 0.6) is 0 Å². The van der Waals surface area contributed by atoms with Gasteiger partial charge in [0.15, 0.2) is 0 Å². The second-order valence-electron chi connectivity index (χ2n) is 3.37. The largest absolute Gasteiger partial charge is 0.150 e. The van der Waals surface area contributed by atoms with E-state index in [4.69, 9.17) is 11.6 Å². The number of nitrogens with zero attached hydrogens (tertiary/aromatic N) is 1. The molecule has 10 heavy (non-hydrogen) atoms. The normalized spacial score (nSPS) is 51.7. The zero-order chi connectivity index (χ0) is 7.14. The highest BCUT2D eigenvalue weighted by Crippen LogP contribution is 2.48. The van der Waals surface area contributed by atoms with Crippen LogP contribution in [0.25, 0.3) is 0 Å². The predicted octanol–water partition coefficient (Wildman–Crippen LogP) is 2.16. The van der Waals surface area contributed by atoms with Crippen molar-refractivity contribution in [1.82, 2.24) is 0 Å². The Balaban J connectivity index is 2.16. The first-order valence-electron chi connectivity index (χ1n) is 3.79. The molecule has 56 valence electrons. The molecule has 0 saturated heterocycles. The maximum atomic E-state index is 10.3. The molecule has 4 unspecified atom stereocenters. The molecule has 0 aromatic heterocycles. The Morgan fingerprint density at radius 3 is 2.40 bits per heavy atom. The summed E-state index contributed by atoms with van der Waals surface area (Å²) in [4.78, 5) is 10.3. The Morgan fingerprint density at radius 2 is 2.00 bits per heavy atom. The number of alkyl halides is 1. The third-order valence-corrected chi connectivity index (χ3v) is 3.51. The van der Waals surface area contributed by atoms with Gasteiger partial charge in [-0.2, -0.15) is 4.91 Å². The summed E-state index contributed by atoms with van der Waals surface area (Å²) < 4.78 is 0. The second-order valence-corrected chi connectivity index (χ2v) is 3.88. The average Bonchev–Trinajstić information content (AvgIpc) is 2.46. The zero-order valence-electron chi connectivity index (χ0n) is 5.66. The summed E-state index contributed by atoms with van der Waals surface area (Å²) in [6.45, 7) is 0. The molecule has 2 rings (SSSR count). The van der Waals surface area contributed by atoms with Crippen LogP contribution < -0.4 is 0 Å². The van der Waals surface area contributed by atoms with Gasteiger partial charge in [-0.05, 0) is 31.1 Å². The molecule has 0 aliphatic heterocycles. The molecule has 2 aliphatic rings. The first-order chi connectivity index (χ1) is 4.83. The van der Waals surface area contributed by atoms with Crippen molar-refractivity contribution in [2.24, 2.45) is 17.0 Å². The van der Waals surface area contributed by atoms with Crippen LogP contribution in [0.2, 0.25) is 0 Å². The summed E-state index contributed by atoms with van der Waals surface area (Å²) in [5.74, 6) is 1.11. The van der Waals surface area contributed by atoms with Crippen molar-refractivity contribution in [2.45, 2.75) is 30.7 Å². The molecule has 0 heterocycles. The van der Waals surface area contributed by atoms with Crippen LogP contribution in [0.3, 0.4) is 0 Å². The van der Waals surface area contributed by atoms with Crippen LogP contribution in [0.15, 0.2) is 5.18 Å². The summed E-state index contributed by atoms with van der Waals surface area (Å²) in [7, 11) is 0. The molecule has 2 nitrogen and oxygen atoms in total. The van der Waals surface area contributed by atoms with Gasteiger partial charge in [-0.25, -0.2) is 0 Å². The van der Waals surface area contributed by atoms with Crippen molar-refractivity contribution in [3.05, 3.63) is 4.91 Å². The van der Waals surface area contributed by atoms with E-state index >= 15 is 0 Å². The minimum absolute atomic E-state index is 0.0521. The van der Waals surface area contributed by atoms with Crippen LogP contribution in [0.4, 0.5) is 0 Å². The Morgan fingerprint density at radius 1 is 1.30 bits per heavy atom. The fourth-order valence-corrected chi connectivity index (χ4v) is 2.82. The van der Waals surface area contributed by atoms with E-state index in [2.05, 4.69) is 5.18 Å². The molecular formula is C7H10ClNO. The van der Waals surface area contributed by atoms with Gasteiger partial charge in [-0.3, -0.25) is 0 Å². The van der Waals surface area contributed by atoms with Crippen molar-refractivity contribution in [3.63, 3.8) is 0 Å². The van der Waals surface area contributed by atoms with E-state index in [0.717, 1.165) is 6.42 Å². The number of halogens is 1. The quantitative estimate of drug-likeness (QED) is 0.426. The molecule has 4 atom stereocenters. The van der Waals surface area contributed by atoms with E-state index in [1.165, 1.54) is 12.8 Å². The van der Waals surface area contributed by atoms with E-state index < -0.39 is 0 Å². The number of rotatable bonds is 1. The Kier molecular flexibility index (Phi) is 1.44. The predicted molar refractivity (Wildman–Crippen MR) is 40.1 cm³/mol. The molecule has 3 heteroatoms. The number of nitroso groups, excluding NO2 is 1. The summed E-state index contributed by atoms with van der Waals surface area (Å²) in [6.07, 6.45) is 3.53. The molecule has 2 bridgehead atoms. The molecule has 0 radical (unpaired) electrons. The summed E-state index contributed by atoms with van der Waals surface area (Å²) in [5.41, 5.74) is 0. The van der Waals surface area contributed by atoms with Gasteiger partial charge < -0.3 is 0 Å². The molecule has 2 saturated carbocycles. The Bertz CT molecular complexity index is 160. The van der Waals surface area contributed by atoms with Gasteiger partial charge >= 0.3 is 0 Å². The third kappa shape index (κ3) is 0.715. The van der Waals surface area contributed by atoms with Crippen LogP contribution in [-0.4, -0.2) is 11.4 Å². The summed E-state index contributed by atoms with van der Waals surface area (Å²) in [6, 6.07) is -0.0691. The highest BCUT2D eigenvalue weighted by atomic mass is 35.5. The minimum Gasteiger partial charge on any atom is -0.150 e. The third-order valence-electron chi connectivity index (χ3n) is 2.90. The molecule has 2 aliphatic carbocycles. The number of hydrogen-bond acceptors (Lipinski definition) is 2. The van der Waals surface area contributed by atoms with Crippen molar-refractivity contribution < 1.29 is 0 Å². The Labute approximate surface area is 64.9 Å². The van der Waals surface area contributed by atoms with Gasteiger partial charge in [-0.1, -0.05) is 5.18 Å². The Hall–Kier alpha value is -0.110. The molecule has 0 amide bonds. The van der Waals surface area contributed by atoms with Gasteiger partial charge in [-0.15, -0.1) is 11.6 Å². The molecule has 0 spiro atoms. The zero-order valence-corrected chi connectivity index (χ0v) is 6.42. The summed E-state index contributed by atoms with van der Waals surface area (Å²) in [5, 5.41) is 3.12. The van der Waals surface area contributed by atoms with E-state index in [1.807, 2.05) is 0 Å². The molecule has 0 aromatic carbocycles. The molecule has 0 aromatic rings. The van der Waals surface area contributed by atoms with E-state index in [1.54, 1.807) is 0 Å².